The predicted molar refractivity (Wildman–Crippen MR) is 48.9 cm³/mol. The fourth-order valence-corrected chi connectivity index (χ4v) is 1.00. The molecule has 0 aromatic carbocycles. The molecule has 0 bridgehead atoms. The van der Waals surface area contributed by atoms with Crippen molar-refractivity contribution in [2.45, 2.75) is 20.8 Å². The Bertz CT molecular complexity index is 162. The molecule has 1 aliphatic rings. The molecule has 9 heavy (non-hydrogen) atoms. The normalized spacial score (nSPS) is 14.8. The zero-order chi connectivity index (χ0) is 6.91. The van der Waals surface area contributed by atoms with E-state index in [4.69, 9.17) is 0 Å². The third-order valence-electron chi connectivity index (χ3n) is 1.73. The van der Waals surface area contributed by atoms with Crippen LogP contribution in [0.5, 0.6) is 0 Å². The van der Waals surface area contributed by atoms with E-state index in [0.29, 0.717) is 5.41 Å². The van der Waals surface area contributed by atoms with E-state index < -0.39 is 0 Å². The Morgan fingerprint density at radius 1 is 1.33 bits per heavy atom. The molecule has 0 aliphatic carbocycles. The van der Waals surface area contributed by atoms with Gasteiger partial charge in [0.1, 0.15) is 0 Å². The van der Waals surface area contributed by atoms with Crippen molar-refractivity contribution in [1.29, 1.82) is 0 Å². The van der Waals surface area contributed by atoms with Crippen molar-refractivity contribution in [1.82, 2.24) is 0 Å². The molecule has 0 fully saturated rings. The van der Waals surface area contributed by atoms with Crippen molar-refractivity contribution in [2.24, 2.45) is 5.41 Å². The van der Waals surface area contributed by atoms with E-state index in [9.17, 15) is 0 Å². The molecule has 0 nitrogen and oxygen atoms in total. The Kier molecular flexibility index (Phi) is 1.93. The van der Waals surface area contributed by atoms with E-state index in [-0.39, 0.29) is 0 Å². The van der Waals surface area contributed by atoms with Gasteiger partial charge in [-0.3, -0.25) is 0 Å². The zero-order valence-electron chi connectivity index (χ0n) is 6.44. The van der Waals surface area contributed by atoms with Crippen molar-refractivity contribution in [3.8, 4) is 0 Å². The standard InChI is InChI=1S/C5H10B4/c1-5(2,3)4-6-8-9-7-4/h6H,1-3H3. The van der Waals surface area contributed by atoms with Gasteiger partial charge in [-0.15, -0.1) is 0 Å². The van der Waals surface area contributed by atoms with Crippen LogP contribution in [0, 0.1) is 5.41 Å². The van der Waals surface area contributed by atoms with Crippen LogP contribution in [0.4, 0.5) is 0 Å². The monoisotopic (exact) mass is 114 g/mol. The summed E-state index contributed by atoms with van der Waals surface area (Å²) in [5.74, 6) is 0. The molecule has 0 saturated carbocycles. The van der Waals surface area contributed by atoms with Crippen LogP contribution in [0.2, 0.25) is 0 Å². The molecule has 0 unspecified atom stereocenters. The molecule has 0 amide bonds. The van der Waals surface area contributed by atoms with Crippen LogP contribution < -0.4 is 0 Å². The molecule has 1 rings (SSSR count). The van der Waals surface area contributed by atoms with Crippen molar-refractivity contribution in [2.75, 3.05) is 0 Å². The van der Waals surface area contributed by atoms with Gasteiger partial charge < -0.3 is 0 Å². The Morgan fingerprint density at radius 2 is 2.00 bits per heavy atom. The van der Waals surface area contributed by atoms with Gasteiger partial charge in [0.05, 0.1) is 0 Å². The second-order valence-electron chi connectivity index (χ2n) is 3.57. The van der Waals surface area contributed by atoms with E-state index >= 15 is 0 Å². The summed E-state index contributed by atoms with van der Waals surface area (Å²) in [5, 5.41) is 1.54. The molecule has 42 valence electrons. The molecular formula is C5H10B4. The third-order valence-corrected chi connectivity index (χ3v) is 1.73. The van der Waals surface area contributed by atoms with Gasteiger partial charge in [0.25, 0.3) is 0 Å². The first kappa shape index (κ1) is 7.24. The van der Waals surface area contributed by atoms with Crippen LogP contribution in [-0.2, 0) is 0 Å². The summed E-state index contributed by atoms with van der Waals surface area (Å²) < 4.78 is 0. The Hall–Kier alpha value is 0.130. The molecule has 0 aromatic heterocycles. The summed E-state index contributed by atoms with van der Waals surface area (Å²) >= 11 is 0. The first-order chi connectivity index (χ1) is 4.11. The number of hydrogen-bond donors (Lipinski definition) is 0. The molecule has 0 spiro atoms. The van der Waals surface area contributed by atoms with Gasteiger partial charge >= 0.3 is 58.9 Å². The molecule has 0 N–H and O–H groups in total. The second-order valence-corrected chi connectivity index (χ2v) is 3.57. The average Bonchev–Trinajstić information content (AvgIpc) is 2.08. The second kappa shape index (κ2) is 2.40. The van der Waals surface area contributed by atoms with Gasteiger partial charge in [0, 0.05) is 0 Å². The summed E-state index contributed by atoms with van der Waals surface area (Å²) in [4.78, 5) is 0. The number of rotatable bonds is 0. The maximum atomic E-state index is 2.26. The topological polar surface area (TPSA) is 0 Å². The van der Waals surface area contributed by atoms with Gasteiger partial charge in [-0.2, -0.15) is 0 Å². The fraction of sp³-hybridized carbons (Fsp3) is 0.800. The third kappa shape index (κ3) is 1.77. The van der Waals surface area contributed by atoms with Crippen molar-refractivity contribution >= 4 is 32.7 Å². The summed E-state index contributed by atoms with van der Waals surface area (Å²) in [5.41, 5.74) is 0.378. The summed E-state index contributed by atoms with van der Waals surface area (Å²) in [6.45, 7) is 13.3. The molecule has 0 aromatic rings. The Balaban J connectivity index is 2.66. The molecule has 1 aliphatic heterocycles. The van der Waals surface area contributed by atoms with Crippen LogP contribution in [0.15, 0.2) is 0 Å². The van der Waals surface area contributed by atoms with Crippen molar-refractivity contribution < 1.29 is 0 Å². The van der Waals surface area contributed by atoms with Crippen LogP contribution in [0.1, 0.15) is 20.8 Å². The Labute approximate surface area is 59.6 Å². The van der Waals surface area contributed by atoms with Crippen LogP contribution in [0.3, 0.4) is 0 Å². The Morgan fingerprint density at radius 3 is 2.22 bits per heavy atom. The molecular weight excluding hydrogens is 103 g/mol. The van der Waals surface area contributed by atoms with Crippen molar-refractivity contribution in [3.63, 3.8) is 0 Å². The van der Waals surface area contributed by atoms with Gasteiger partial charge in [-0.25, -0.2) is 0 Å². The molecule has 0 atom stereocenters. The van der Waals surface area contributed by atoms with Crippen LogP contribution in [0.25, 0.3) is 0 Å². The van der Waals surface area contributed by atoms with Gasteiger partial charge in [-0.1, -0.05) is 0 Å². The molecule has 0 saturated heterocycles. The maximum absolute atomic E-state index is 2.26. The van der Waals surface area contributed by atoms with Crippen LogP contribution in [-0.4, -0.2) is 32.7 Å². The summed E-state index contributed by atoms with van der Waals surface area (Å²) in [7, 11) is 1.16. The summed E-state index contributed by atoms with van der Waals surface area (Å²) in [6.07, 6.45) is 0. The molecule has 1 heterocycles. The minimum atomic E-state index is 0.378. The first-order valence-corrected chi connectivity index (χ1v) is 3.47. The van der Waals surface area contributed by atoms with E-state index in [0.717, 1.165) is 7.17 Å². The van der Waals surface area contributed by atoms with E-state index in [1.54, 1.807) is 5.36 Å². The minimum absolute atomic E-state index is 0.378. The van der Waals surface area contributed by atoms with E-state index in [2.05, 4.69) is 41.0 Å². The van der Waals surface area contributed by atoms with Crippen LogP contribution >= 0.6 is 0 Å². The predicted octanol–water partition coefficient (Wildman–Crippen LogP) is -0.530. The summed E-state index contributed by atoms with van der Waals surface area (Å²) in [6, 6.07) is 0. The quantitative estimate of drug-likeness (QED) is 0.371. The SMILES string of the molecule is CC(C)(C)C1=BB=BB1. The van der Waals surface area contributed by atoms with Gasteiger partial charge in [0.15, 0.2) is 0 Å². The van der Waals surface area contributed by atoms with E-state index in [1.165, 1.54) is 0 Å². The fourth-order valence-electron chi connectivity index (χ4n) is 1.00. The van der Waals surface area contributed by atoms with Gasteiger partial charge in [-0.05, 0) is 0 Å². The first-order valence-electron chi connectivity index (χ1n) is 3.47. The zero-order valence-corrected chi connectivity index (χ0v) is 6.44. The van der Waals surface area contributed by atoms with E-state index in [1.807, 2.05) is 0 Å². The average molecular weight is 113 g/mol. The molecule has 4 heteroatoms. The van der Waals surface area contributed by atoms with Crippen molar-refractivity contribution in [3.05, 3.63) is 0 Å². The number of hydrogen-bond acceptors (Lipinski definition) is 0. The molecule has 0 radical (unpaired) electrons. The van der Waals surface area contributed by atoms with Gasteiger partial charge in [0.2, 0.25) is 0 Å².